The minimum Gasteiger partial charge on any atom is -0.484 e. The lowest BCUT2D eigenvalue weighted by atomic mass is 9.97. The summed E-state index contributed by atoms with van der Waals surface area (Å²) in [4.78, 5) is 39.6. The first-order chi connectivity index (χ1) is 18.5. The lowest BCUT2D eigenvalue weighted by Gasteiger charge is -2.39. The highest BCUT2D eigenvalue weighted by atomic mass is 35.5. The molecular formula is C25H30ClF4N5O5. The molecule has 1 aromatic carbocycles. The Bertz CT molecular complexity index is 1250. The third-order valence-electron chi connectivity index (χ3n) is 5.80. The quantitative estimate of drug-likeness (QED) is 0.473. The molecule has 1 fully saturated rings. The van der Waals surface area contributed by atoms with Crippen molar-refractivity contribution < 1.29 is 41.4 Å². The number of carbonyl (C=O) groups excluding carboxylic acids is 3. The number of hydrogen-bond donors (Lipinski definition) is 2. The van der Waals surface area contributed by atoms with Gasteiger partial charge in [-0.1, -0.05) is 11.6 Å². The number of piperidine rings is 1. The highest BCUT2D eigenvalue weighted by Crippen LogP contribution is 2.29. The number of aryl methyl sites for hydroxylation is 1. The molecule has 2 atom stereocenters. The molecule has 0 spiro atoms. The normalized spacial score (nSPS) is 17.8. The summed E-state index contributed by atoms with van der Waals surface area (Å²) in [7, 11) is 1.15. The Morgan fingerprint density at radius 3 is 2.45 bits per heavy atom. The van der Waals surface area contributed by atoms with Gasteiger partial charge >= 0.3 is 12.3 Å². The molecule has 2 N–H and O–H groups in total. The molecule has 1 aromatic heterocycles. The molecule has 0 aliphatic carbocycles. The van der Waals surface area contributed by atoms with Crippen LogP contribution in [0.4, 0.5) is 22.4 Å². The predicted molar refractivity (Wildman–Crippen MR) is 135 cm³/mol. The number of aromatic nitrogens is 2. The number of rotatable bonds is 7. The van der Waals surface area contributed by atoms with E-state index >= 15 is 0 Å². The van der Waals surface area contributed by atoms with Gasteiger partial charge in [0.15, 0.2) is 6.61 Å². The van der Waals surface area contributed by atoms with Gasteiger partial charge < -0.3 is 20.1 Å². The van der Waals surface area contributed by atoms with Crippen LogP contribution in [0.3, 0.4) is 0 Å². The van der Waals surface area contributed by atoms with Gasteiger partial charge in [-0.05, 0) is 51.8 Å². The van der Waals surface area contributed by atoms with Crippen LogP contribution in [0.2, 0.25) is 5.02 Å². The number of carbonyl (C=O) groups is 3. The van der Waals surface area contributed by atoms with Crippen molar-refractivity contribution in [3.63, 3.8) is 0 Å². The average Bonchev–Trinajstić information content (AvgIpc) is 3.23. The van der Waals surface area contributed by atoms with E-state index in [0.29, 0.717) is 11.1 Å². The molecule has 15 heteroatoms. The van der Waals surface area contributed by atoms with Gasteiger partial charge in [-0.25, -0.2) is 9.18 Å². The fourth-order valence-electron chi connectivity index (χ4n) is 4.04. The SMILES string of the molecule is Cn1nc(CNC(=O)C2CCC(NC(=O)COc3ccc(Cl)c(F)c3)CN2C(=O)OC(C)(C)C)cc1C(F)(F)F. The van der Waals surface area contributed by atoms with Crippen molar-refractivity contribution in [3.8, 4) is 5.75 Å². The lowest BCUT2D eigenvalue weighted by molar-refractivity contribution is -0.143. The Labute approximate surface area is 232 Å². The monoisotopic (exact) mass is 591 g/mol. The third kappa shape index (κ3) is 8.47. The van der Waals surface area contributed by atoms with Crippen molar-refractivity contribution >= 4 is 29.5 Å². The Morgan fingerprint density at radius 1 is 1.15 bits per heavy atom. The van der Waals surface area contributed by atoms with Crippen LogP contribution in [0.1, 0.15) is 45.0 Å². The molecule has 2 heterocycles. The number of nitrogens with zero attached hydrogens (tertiary/aromatic N) is 3. The van der Waals surface area contributed by atoms with Gasteiger partial charge in [-0.15, -0.1) is 0 Å². The van der Waals surface area contributed by atoms with E-state index in [1.165, 1.54) is 17.0 Å². The number of halogens is 5. The van der Waals surface area contributed by atoms with E-state index in [4.69, 9.17) is 21.1 Å². The molecule has 0 radical (unpaired) electrons. The first-order valence-electron chi connectivity index (χ1n) is 12.3. The number of likely N-dealkylation sites (tertiary alicyclic amines) is 1. The first-order valence-corrected chi connectivity index (χ1v) is 12.7. The minimum atomic E-state index is -4.60. The van der Waals surface area contributed by atoms with E-state index in [1.54, 1.807) is 20.8 Å². The maximum Gasteiger partial charge on any atom is 0.433 e. The number of nitrogens with one attached hydrogen (secondary N) is 2. The molecule has 220 valence electrons. The number of hydrogen-bond acceptors (Lipinski definition) is 6. The second kappa shape index (κ2) is 12.3. The topological polar surface area (TPSA) is 115 Å². The molecule has 2 aromatic rings. The van der Waals surface area contributed by atoms with Gasteiger partial charge in [0.05, 0.1) is 17.3 Å². The average molecular weight is 592 g/mol. The second-order valence-corrected chi connectivity index (χ2v) is 10.6. The lowest BCUT2D eigenvalue weighted by Crippen LogP contribution is -2.59. The summed E-state index contributed by atoms with van der Waals surface area (Å²) in [6.07, 6.45) is -4.96. The van der Waals surface area contributed by atoms with Crippen molar-refractivity contribution in [3.05, 3.63) is 46.5 Å². The molecule has 3 rings (SSSR count). The van der Waals surface area contributed by atoms with Crippen LogP contribution in [-0.4, -0.2) is 63.4 Å². The molecule has 0 saturated carbocycles. The van der Waals surface area contributed by atoms with Crippen LogP contribution >= 0.6 is 11.6 Å². The first kappa shape index (κ1) is 31.0. The maximum atomic E-state index is 13.6. The minimum absolute atomic E-state index is 0.00601. The Morgan fingerprint density at radius 2 is 1.85 bits per heavy atom. The molecular weight excluding hydrogens is 562 g/mol. The molecule has 0 bridgehead atoms. The van der Waals surface area contributed by atoms with Gasteiger partial charge in [-0.2, -0.15) is 18.3 Å². The number of alkyl halides is 3. The van der Waals surface area contributed by atoms with E-state index in [9.17, 15) is 31.9 Å². The summed E-state index contributed by atoms with van der Waals surface area (Å²) in [6, 6.07) is 3.01. The Balaban J connectivity index is 1.63. The van der Waals surface area contributed by atoms with E-state index < -0.39 is 59.9 Å². The summed E-state index contributed by atoms with van der Waals surface area (Å²) < 4.78 is 64.2. The fraction of sp³-hybridized carbons (Fsp3) is 0.520. The number of benzene rings is 1. The van der Waals surface area contributed by atoms with Crippen molar-refractivity contribution in [1.82, 2.24) is 25.3 Å². The highest BCUT2D eigenvalue weighted by molar-refractivity contribution is 6.30. The molecule has 40 heavy (non-hydrogen) atoms. The van der Waals surface area contributed by atoms with E-state index in [2.05, 4.69) is 15.7 Å². The van der Waals surface area contributed by atoms with Crippen molar-refractivity contribution in [2.24, 2.45) is 7.05 Å². The van der Waals surface area contributed by atoms with Crippen LogP contribution < -0.4 is 15.4 Å². The molecule has 1 aliphatic rings. The summed E-state index contributed by atoms with van der Waals surface area (Å²) in [6.45, 7) is 4.16. The van der Waals surface area contributed by atoms with Crippen LogP contribution in [0.5, 0.6) is 5.75 Å². The zero-order chi connectivity index (χ0) is 29.8. The van der Waals surface area contributed by atoms with Gasteiger partial charge in [0.1, 0.15) is 28.9 Å². The van der Waals surface area contributed by atoms with E-state index in [-0.39, 0.29) is 36.0 Å². The van der Waals surface area contributed by atoms with Gasteiger partial charge in [0.2, 0.25) is 5.91 Å². The third-order valence-corrected chi connectivity index (χ3v) is 6.11. The summed E-state index contributed by atoms with van der Waals surface area (Å²) >= 11 is 5.63. The largest absolute Gasteiger partial charge is 0.484 e. The number of ether oxygens (including phenoxy) is 2. The van der Waals surface area contributed by atoms with Gasteiger partial charge in [0, 0.05) is 25.7 Å². The maximum absolute atomic E-state index is 13.6. The van der Waals surface area contributed by atoms with Gasteiger partial charge in [-0.3, -0.25) is 19.2 Å². The summed E-state index contributed by atoms with van der Waals surface area (Å²) in [5, 5.41) is 8.94. The highest BCUT2D eigenvalue weighted by Gasteiger charge is 2.39. The Kier molecular flexibility index (Phi) is 9.54. The van der Waals surface area contributed by atoms with Crippen molar-refractivity contribution in [2.45, 2.75) is 64.0 Å². The van der Waals surface area contributed by atoms with Crippen molar-refractivity contribution in [2.75, 3.05) is 13.2 Å². The predicted octanol–water partition coefficient (Wildman–Crippen LogP) is 3.81. The Hall–Kier alpha value is -3.55. The summed E-state index contributed by atoms with van der Waals surface area (Å²) in [5.74, 6) is -1.75. The number of amides is 3. The van der Waals surface area contributed by atoms with Crippen molar-refractivity contribution in [1.29, 1.82) is 0 Å². The van der Waals surface area contributed by atoms with Crippen LogP contribution in [-0.2, 0) is 34.1 Å². The zero-order valence-corrected chi connectivity index (χ0v) is 23.0. The van der Waals surface area contributed by atoms with Crippen LogP contribution in [0.25, 0.3) is 0 Å². The van der Waals surface area contributed by atoms with Crippen LogP contribution in [0, 0.1) is 5.82 Å². The fourth-order valence-corrected chi connectivity index (χ4v) is 4.16. The molecule has 10 nitrogen and oxygen atoms in total. The summed E-state index contributed by atoms with van der Waals surface area (Å²) in [5.41, 5.74) is -1.85. The van der Waals surface area contributed by atoms with E-state index in [1.807, 2.05) is 0 Å². The zero-order valence-electron chi connectivity index (χ0n) is 22.3. The smallest absolute Gasteiger partial charge is 0.433 e. The molecule has 2 unspecified atom stereocenters. The van der Waals surface area contributed by atoms with Gasteiger partial charge in [0.25, 0.3) is 5.91 Å². The van der Waals surface area contributed by atoms with Crippen LogP contribution in [0.15, 0.2) is 24.3 Å². The van der Waals surface area contributed by atoms with E-state index in [0.717, 1.165) is 19.2 Å². The standard InChI is InChI=1S/C25H30ClF4N5O5/c1-24(2,3)40-23(38)35-12-14(32-21(36)13-39-16-6-7-17(26)18(27)10-16)5-8-19(35)22(37)31-11-15-9-20(25(28,29)30)34(4)33-15/h6-7,9-10,14,19H,5,8,11-13H2,1-4H3,(H,31,37)(H,32,36). The molecule has 1 aliphatic heterocycles. The molecule has 1 saturated heterocycles. The second-order valence-electron chi connectivity index (χ2n) is 10.2. The molecule has 3 amide bonds.